The van der Waals surface area contributed by atoms with Crippen LogP contribution in [0.15, 0.2) is 11.8 Å². The minimum Gasteiger partial charge on any atom is -0.316 e. The highest BCUT2D eigenvalue weighted by molar-refractivity contribution is 4.95. The molecule has 2 heteroatoms. The molecule has 0 rings (SSSR count). The summed E-state index contributed by atoms with van der Waals surface area (Å²) in [6.45, 7) is 4.19. The molecule has 0 aromatic carbocycles. The van der Waals surface area contributed by atoms with Crippen LogP contribution in [0.1, 0.15) is 20.3 Å². The van der Waals surface area contributed by atoms with E-state index in [0.29, 0.717) is 0 Å². The number of rotatable bonds is 3. The van der Waals surface area contributed by atoms with Gasteiger partial charge in [-0.3, -0.25) is 0 Å². The molecule has 0 saturated heterocycles. The molecule has 0 aliphatic rings. The van der Waals surface area contributed by atoms with Crippen molar-refractivity contribution < 1.29 is 0 Å². The van der Waals surface area contributed by atoms with Crippen molar-refractivity contribution in [3.8, 4) is 0 Å². The second kappa shape index (κ2) is 4.39. The molecule has 9 heavy (non-hydrogen) atoms. The standard InChI is InChI=1S/C7H16N2/c1-5-7(6-2)9(4)8-3/h5,8H,6H2,1-4H3/b7-5+. The van der Waals surface area contributed by atoms with Gasteiger partial charge in [0.1, 0.15) is 0 Å². The molecule has 0 aliphatic carbocycles. The zero-order valence-electron chi connectivity index (χ0n) is 6.73. The number of hydrogen-bond acceptors (Lipinski definition) is 2. The first-order valence-corrected chi connectivity index (χ1v) is 3.32. The van der Waals surface area contributed by atoms with E-state index in [9.17, 15) is 0 Å². The average molecular weight is 128 g/mol. The normalized spacial score (nSPS) is 11.8. The maximum absolute atomic E-state index is 3.03. The Morgan fingerprint density at radius 2 is 2.22 bits per heavy atom. The van der Waals surface area contributed by atoms with Gasteiger partial charge in [-0.05, 0) is 13.3 Å². The Hall–Kier alpha value is -0.500. The lowest BCUT2D eigenvalue weighted by Crippen LogP contribution is -2.29. The summed E-state index contributed by atoms with van der Waals surface area (Å²) in [5, 5.41) is 2.01. The fourth-order valence-corrected chi connectivity index (χ4v) is 0.779. The molecule has 0 bridgehead atoms. The lowest BCUT2D eigenvalue weighted by molar-refractivity contribution is 0.322. The summed E-state index contributed by atoms with van der Waals surface area (Å²) in [7, 11) is 3.93. The molecule has 0 saturated carbocycles. The van der Waals surface area contributed by atoms with Crippen molar-refractivity contribution in [1.82, 2.24) is 10.4 Å². The monoisotopic (exact) mass is 128 g/mol. The van der Waals surface area contributed by atoms with E-state index in [1.807, 2.05) is 26.0 Å². The fraction of sp³-hybridized carbons (Fsp3) is 0.714. The SMILES string of the molecule is C/C=C(\CC)N(C)NC. The van der Waals surface area contributed by atoms with Gasteiger partial charge >= 0.3 is 0 Å². The highest BCUT2D eigenvalue weighted by Crippen LogP contribution is 2.00. The van der Waals surface area contributed by atoms with Crippen molar-refractivity contribution in [2.24, 2.45) is 0 Å². The van der Waals surface area contributed by atoms with Crippen LogP contribution in [0, 0.1) is 0 Å². The van der Waals surface area contributed by atoms with Gasteiger partial charge in [0.2, 0.25) is 0 Å². The fourth-order valence-electron chi connectivity index (χ4n) is 0.779. The van der Waals surface area contributed by atoms with Gasteiger partial charge < -0.3 is 5.01 Å². The third-order valence-electron chi connectivity index (χ3n) is 1.46. The molecule has 54 valence electrons. The first-order valence-electron chi connectivity index (χ1n) is 3.32. The summed E-state index contributed by atoms with van der Waals surface area (Å²) in [6, 6.07) is 0. The molecule has 1 N–H and O–H groups in total. The van der Waals surface area contributed by atoms with Crippen LogP contribution < -0.4 is 5.43 Å². The Morgan fingerprint density at radius 1 is 1.67 bits per heavy atom. The van der Waals surface area contributed by atoms with Crippen LogP contribution in [0.5, 0.6) is 0 Å². The molecular weight excluding hydrogens is 112 g/mol. The first kappa shape index (κ1) is 8.50. The van der Waals surface area contributed by atoms with Crippen molar-refractivity contribution in [3.63, 3.8) is 0 Å². The van der Waals surface area contributed by atoms with Crippen LogP contribution in [-0.2, 0) is 0 Å². The van der Waals surface area contributed by atoms with Crippen LogP contribution in [0.2, 0.25) is 0 Å². The van der Waals surface area contributed by atoms with E-state index < -0.39 is 0 Å². The molecule has 0 heterocycles. The maximum Gasteiger partial charge on any atom is 0.0245 e. The maximum atomic E-state index is 3.03. The number of hydrogen-bond donors (Lipinski definition) is 1. The number of allylic oxidation sites excluding steroid dienone is 2. The van der Waals surface area contributed by atoms with Gasteiger partial charge in [-0.2, -0.15) is 0 Å². The number of hydrazine groups is 1. The van der Waals surface area contributed by atoms with E-state index in [4.69, 9.17) is 0 Å². The highest BCUT2D eigenvalue weighted by Gasteiger charge is 1.94. The molecular formula is C7H16N2. The molecule has 2 nitrogen and oxygen atoms in total. The second-order valence-electron chi connectivity index (χ2n) is 1.92. The third kappa shape index (κ3) is 2.51. The van der Waals surface area contributed by atoms with Gasteiger partial charge in [0.25, 0.3) is 0 Å². The summed E-state index contributed by atoms with van der Waals surface area (Å²) in [6.07, 6.45) is 3.18. The molecule has 0 aliphatic heterocycles. The second-order valence-corrected chi connectivity index (χ2v) is 1.92. The lowest BCUT2D eigenvalue weighted by atomic mass is 10.3. The van der Waals surface area contributed by atoms with Gasteiger partial charge in [0.15, 0.2) is 0 Å². The Bertz CT molecular complexity index is 97.1. The Kier molecular flexibility index (Phi) is 4.14. The van der Waals surface area contributed by atoms with E-state index >= 15 is 0 Å². The molecule has 0 atom stereocenters. The molecule has 0 fully saturated rings. The summed E-state index contributed by atoms with van der Waals surface area (Å²) in [5.41, 5.74) is 4.35. The summed E-state index contributed by atoms with van der Waals surface area (Å²) >= 11 is 0. The molecule has 0 radical (unpaired) electrons. The Labute approximate surface area is 57.5 Å². The Morgan fingerprint density at radius 3 is 2.33 bits per heavy atom. The van der Waals surface area contributed by atoms with Gasteiger partial charge in [0.05, 0.1) is 0 Å². The minimum absolute atomic E-state index is 1.08. The first-order chi connectivity index (χ1) is 4.26. The van der Waals surface area contributed by atoms with Crippen molar-refractivity contribution in [1.29, 1.82) is 0 Å². The molecule has 0 spiro atoms. The van der Waals surface area contributed by atoms with Gasteiger partial charge in [0, 0.05) is 19.8 Å². The number of nitrogens with zero attached hydrogens (tertiary/aromatic N) is 1. The van der Waals surface area contributed by atoms with Gasteiger partial charge in [-0.25, -0.2) is 5.43 Å². The zero-order valence-corrected chi connectivity index (χ0v) is 6.73. The predicted octanol–water partition coefficient (Wildman–Crippen LogP) is 1.37. The smallest absolute Gasteiger partial charge is 0.0245 e. The highest BCUT2D eigenvalue weighted by atomic mass is 15.5. The van der Waals surface area contributed by atoms with Crippen molar-refractivity contribution in [2.45, 2.75) is 20.3 Å². The molecule has 0 aromatic rings. The van der Waals surface area contributed by atoms with Crippen LogP contribution >= 0.6 is 0 Å². The summed E-state index contributed by atoms with van der Waals surface area (Å²) < 4.78 is 0. The van der Waals surface area contributed by atoms with Crippen molar-refractivity contribution in [3.05, 3.63) is 11.8 Å². The predicted molar refractivity (Wildman–Crippen MR) is 40.9 cm³/mol. The van der Waals surface area contributed by atoms with E-state index in [-0.39, 0.29) is 0 Å². The molecule has 0 amide bonds. The van der Waals surface area contributed by atoms with Crippen LogP contribution in [0.25, 0.3) is 0 Å². The lowest BCUT2D eigenvalue weighted by Gasteiger charge is -2.19. The van der Waals surface area contributed by atoms with E-state index in [1.54, 1.807) is 0 Å². The van der Waals surface area contributed by atoms with E-state index in [0.717, 1.165) is 6.42 Å². The molecule has 0 unspecified atom stereocenters. The molecule has 0 aromatic heterocycles. The van der Waals surface area contributed by atoms with Crippen molar-refractivity contribution >= 4 is 0 Å². The quantitative estimate of drug-likeness (QED) is 0.577. The summed E-state index contributed by atoms with van der Waals surface area (Å²) in [5.74, 6) is 0. The minimum atomic E-state index is 1.08. The van der Waals surface area contributed by atoms with Crippen molar-refractivity contribution in [2.75, 3.05) is 14.1 Å². The van der Waals surface area contributed by atoms with E-state index in [2.05, 4.69) is 18.4 Å². The van der Waals surface area contributed by atoms with Crippen LogP contribution in [0.3, 0.4) is 0 Å². The largest absolute Gasteiger partial charge is 0.316 e. The average Bonchev–Trinajstić information content (AvgIpc) is 1.90. The van der Waals surface area contributed by atoms with E-state index in [1.165, 1.54) is 5.70 Å². The third-order valence-corrected chi connectivity index (χ3v) is 1.46. The van der Waals surface area contributed by atoms with Crippen LogP contribution in [0.4, 0.5) is 0 Å². The van der Waals surface area contributed by atoms with Gasteiger partial charge in [-0.1, -0.05) is 13.0 Å². The van der Waals surface area contributed by atoms with Crippen LogP contribution in [-0.4, -0.2) is 19.1 Å². The summed E-state index contributed by atoms with van der Waals surface area (Å²) in [4.78, 5) is 0. The zero-order chi connectivity index (χ0) is 7.28. The Balaban J connectivity index is 3.80. The topological polar surface area (TPSA) is 15.3 Å². The van der Waals surface area contributed by atoms with Gasteiger partial charge in [-0.15, -0.1) is 0 Å². The number of nitrogens with one attached hydrogen (secondary N) is 1.